The van der Waals surface area contributed by atoms with E-state index >= 15 is 0 Å². The van der Waals surface area contributed by atoms with Crippen molar-refractivity contribution in [1.29, 1.82) is 0 Å². The van der Waals surface area contributed by atoms with Crippen molar-refractivity contribution >= 4 is 22.6 Å². The van der Waals surface area contributed by atoms with Crippen LogP contribution in [0.5, 0.6) is 0 Å². The van der Waals surface area contributed by atoms with E-state index in [0.717, 1.165) is 24.0 Å². The van der Waals surface area contributed by atoms with Gasteiger partial charge in [-0.1, -0.05) is 18.2 Å². The van der Waals surface area contributed by atoms with Gasteiger partial charge in [-0.25, -0.2) is 4.98 Å². The van der Waals surface area contributed by atoms with Crippen molar-refractivity contribution < 1.29 is 9.90 Å². The van der Waals surface area contributed by atoms with Crippen molar-refractivity contribution in [2.45, 2.75) is 13.0 Å². The molecule has 1 heterocycles. The van der Waals surface area contributed by atoms with Crippen LogP contribution in [0.25, 0.3) is 11.0 Å². The predicted octanol–water partition coefficient (Wildman–Crippen LogP) is 2.28. The molecule has 3 aromatic rings. The molecule has 26 heavy (non-hydrogen) atoms. The van der Waals surface area contributed by atoms with Crippen molar-refractivity contribution in [3.8, 4) is 0 Å². The van der Waals surface area contributed by atoms with Gasteiger partial charge in [0.15, 0.2) is 0 Å². The van der Waals surface area contributed by atoms with Gasteiger partial charge in [0.25, 0.3) is 5.91 Å². The number of aliphatic hydroxyl groups excluding tert-OH is 1. The first-order valence-electron chi connectivity index (χ1n) is 8.79. The van der Waals surface area contributed by atoms with Crippen molar-refractivity contribution in [3.63, 3.8) is 0 Å². The average Bonchev–Trinajstić information content (AvgIpc) is 3.08. The van der Waals surface area contributed by atoms with Crippen LogP contribution < -0.4 is 10.2 Å². The number of aromatic nitrogens is 2. The SMILES string of the molecule is CN(CCCNC(=O)c1ccc2c(c1)ncn2CCO)c1ccccc1. The Hall–Kier alpha value is -2.86. The summed E-state index contributed by atoms with van der Waals surface area (Å²) in [6.07, 6.45) is 2.55. The zero-order valence-corrected chi connectivity index (χ0v) is 14.9. The van der Waals surface area contributed by atoms with Crippen LogP contribution in [0.1, 0.15) is 16.8 Å². The van der Waals surface area contributed by atoms with Gasteiger partial charge >= 0.3 is 0 Å². The largest absolute Gasteiger partial charge is 0.395 e. The van der Waals surface area contributed by atoms with Crippen LogP contribution in [-0.2, 0) is 6.54 Å². The van der Waals surface area contributed by atoms with Gasteiger partial charge in [0.2, 0.25) is 0 Å². The van der Waals surface area contributed by atoms with Gasteiger partial charge in [-0.15, -0.1) is 0 Å². The average molecular weight is 352 g/mol. The Morgan fingerprint density at radius 2 is 2.04 bits per heavy atom. The van der Waals surface area contributed by atoms with Gasteiger partial charge in [0, 0.05) is 37.9 Å². The van der Waals surface area contributed by atoms with Gasteiger partial charge in [0.1, 0.15) is 0 Å². The molecule has 136 valence electrons. The highest BCUT2D eigenvalue weighted by Gasteiger charge is 2.09. The maximum atomic E-state index is 12.3. The number of benzene rings is 2. The fraction of sp³-hybridized carbons (Fsp3) is 0.300. The summed E-state index contributed by atoms with van der Waals surface area (Å²) in [6, 6.07) is 15.6. The Kier molecular flexibility index (Phi) is 5.86. The zero-order chi connectivity index (χ0) is 18.4. The number of hydrogen-bond donors (Lipinski definition) is 2. The minimum absolute atomic E-state index is 0.0606. The molecule has 0 saturated carbocycles. The fourth-order valence-electron chi connectivity index (χ4n) is 2.92. The minimum Gasteiger partial charge on any atom is -0.395 e. The Labute approximate surface area is 153 Å². The lowest BCUT2D eigenvalue weighted by molar-refractivity contribution is 0.0953. The highest BCUT2D eigenvalue weighted by atomic mass is 16.3. The molecular weight excluding hydrogens is 328 g/mol. The van der Waals surface area contributed by atoms with Crippen molar-refractivity contribution in [1.82, 2.24) is 14.9 Å². The first-order chi connectivity index (χ1) is 12.7. The number of amides is 1. The van der Waals surface area contributed by atoms with Crippen LogP contribution in [0.3, 0.4) is 0 Å². The predicted molar refractivity (Wildman–Crippen MR) is 103 cm³/mol. The standard InChI is InChI=1S/C20H24N4O2/c1-23(17-6-3-2-4-7-17)11-5-10-21-20(26)16-8-9-19-18(14-16)22-15-24(19)12-13-25/h2-4,6-9,14-15,25H,5,10-13H2,1H3,(H,21,26). The van der Waals surface area contributed by atoms with Gasteiger partial charge in [-0.05, 0) is 36.8 Å². The second kappa shape index (κ2) is 8.49. The number of fused-ring (bicyclic) bond motifs is 1. The number of nitrogens with one attached hydrogen (secondary N) is 1. The molecule has 6 nitrogen and oxygen atoms in total. The summed E-state index contributed by atoms with van der Waals surface area (Å²) < 4.78 is 1.87. The summed E-state index contributed by atoms with van der Waals surface area (Å²) in [7, 11) is 2.05. The second-order valence-corrected chi connectivity index (χ2v) is 6.23. The minimum atomic E-state index is -0.0917. The van der Waals surface area contributed by atoms with Crippen LogP contribution in [0.15, 0.2) is 54.9 Å². The lowest BCUT2D eigenvalue weighted by atomic mass is 10.2. The molecule has 0 bridgehead atoms. The van der Waals surface area contributed by atoms with Crippen molar-refractivity contribution in [3.05, 3.63) is 60.4 Å². The number of aliphatic hydroxyl groups is 1. The maximum Gasteiger partial charge on any atom is 0.251 e. The number of hydrogen-bond acceptors (Lipinski definition) is 4. The van der Waals surface area contributed by atoms with Crippen molar-refractivity contribution in [2.24, 2.45) is 0 Å². The zero-order valence-electron chi connectivity index (χ0n) is 14.9. The molecule has 0 saturated heterocycles. The molecule has 6 heteroatoms. The lowest BCUT2D eigenvalue weighted by Crippen LogP contribution is -2.28. The quantitative estimate of drug-likeness (QED) is 0.610. The summed E-state index contributed by atoms with van der Waals surface area (Å²) in [5.41, 5.74) is 3.45. The number of nitrogens with zero attached hydrogens (tertiary/aromatic N) is 3. The molecule has 1 aromatic heterocycles. The van der Waals surface area contributed by atoms with Crippen LogP contribution in [0, 0.1) is 0 Å². The number of para-hydroxylation sites is 1. The van der Waals surface area contributed by atoms with Gasteiger partial charge in [-0.3, -0.25) is 4.79 Å². The Morgan fingerprint density at radius 1 is 1.23 bits per heavy atom. The highest BCUT2D eigenvalue weighted by Crippen LogP contribution is 2.15. The van der Waals surface area contributed by atoms with Crippen LogP contribution in [0.2, 0.25) is 0 Å². The maximum absolute atomic E-state index is 12.3. The normalized spacial score (nSPS) is 10.8. The molecule has 0 atom stereocenters. The molecule has 0 radical (unpaired) electrons. The topological polar surface area (TPSA) is 70.4 Å². The molecular formula is C20H24N4O2. The Balaban J connectivity index is 1.51. The van der Waals surface area contributed by atoms with E-state index in [0.29, 0.717) is 18.7 Å². The number of carbonyl (C=O) groups excluding carboxylic acids is 1. The highest BCUT2D eigenvalue weighted by molar-refractivity contribution is 5.97. The van der Waals surface area contributed by atoms with Gasteiger partial charge in [0.05, 0.1) is 24.0 Å². The summed E-state index contributed by atoms with van der Waals surface area (Å²) in [6.45, 7) is 2.05. The molecule has 2 N–H and O–H groups in total. The van der Waals surface area contributed by atoms with E-state index in [-0.39, 0.29) is 12.5 Å². The molecule has 3 rings (SSSR count). The summed E-state index contributed by atoms with van der Waals surface area (Å²) in [5, 5.41) is 12.0. The monoisotopic (exact) mass is 352 g/mol. The lowest BCUT2D eigenvalue weighted by Gasteiger charge is -2.19. The third-order valence-electron chi connectivity index (χ3n) is 4.38. The molecule has 0 aliphatic rings. The molecule has 0 unspecified atom stereocenters. The van der Waals surface area contributed by atoms with Gasteiger partial charge < -0.3 is 19.9 Å². The molecule has 0 aliphatic heterocycles. The van der Waals surface area contributed by atoms with E-state index in [1.54, 1.807) is 18.5 Å². The molecule has 1 amide bonds. The fourth-order valence-corrected chi connectivity index (χ4v) is 2.92. The van der Waals surface area contributed by atoms with E-state index in [9.17, 15) is 4.79 Å². The number of imidazole rings is 1. The van der Waals surface area contributed by atoms with Crippen LogP contribution >= 0.6 is 0 Å². The summed E-state index contributed by atoms with van der Waals surface area (Å²) in [5.74, 6) is -0.0917. The van der Waals surface area contributed by atoms with E-state index in [2.05, 4.69) is 27.3 Å². The smallest absolute Gasteiger partial charge is 0.251 e. The first kappa shape index (κ1) is 17.9. The third kappa shape index (κ3) is 4.21. The molecule has 0 spiro atoms. The number of carbonyl (C=O) groups is 1. The van der Waals surface area contributed by atoms with E-state index in [1.165, 1.54) is 5.69 Å². The number of anilines is 1. The summed E-state index contributed by atoms with van der Waals surface area (Å²) in [4.78, 5) is 18.8. The van der Waals surface area contributed by atoms with Crippen LogP contribution in [0.4, 0.5) is 5.69 Å². The second-order valence-electron chi connectivity index (χ2n) is 6.23. The molecule has 2 aromatic carbocycles. The number of rotatable bonds is 8. The van der Waals surface area contributed by atoms with Crippen LogP contribution in [-0.4, -0.2) is 47.3 Å². The molecule has 0 aliphatic carbocycles. The van der Waals surface area contributed by atoms with E-state index < -0.39 is 0 Å². The third-order valence-corrected chi connectivity index (χ3v) is 4.38. The van der Waals surface area contributed by atoms with E-state index in [1.807, 2.05) is 35.9 Å². The van der Waals surface area contributed by atoms with Crippen molar-refractivity contribution in [2.75, 3.05) is 31.6 Å². The van der Waals surface area contributed by atoms with Gasteiger partial charge in [-0.2, -0.15) is 0 Å². The molecule has 0 fully saturated rings. The first-order valence-corrected chi connectivity index (χ1v) is 8.79. The Morgan fingerprint density at radius 3 is 2.81 bits per heavy atom. The Bertz CT molecular complexity index is 861. The summed E-state index contributed by atoms with van der Waals surface area (Å²) >= 11 is 0. The van der Waals surface area contributed by atoms with E-state index in [4.69, 9.17) is 5.11 Å².